The van der Waals surface area contributed by atoms with E-state index in [4.69, 9.17) is 4.74 Å². The maximum Gasteiger partial charge on any atom is 0.264 e. The zero-order valence-corrected chi connectivity index (χ0v) is 24.7. The van der Waals surface area contributed by atoms with Crippen molar-refractivity contribution in [1.82, 2.24) is 15.3 Å². The number of aryl methyl sites for hydroxylation is 2. The van der Waals surface area contributed by atoms with Crippen molar-refractivity contribution in [2.45, 2.75) is 57.5 Å². The highest BCUT2D eigenvalue weighted by atomic mass is 32.2. The van der Waals surface area contributed by atoms with Crippen molar-refractivity contribution in [2.24, 2.45) is 0 Å². The van der Waals surface area contributed by atoms with E-state index in [0.717, 1.165) is 22.3 Å². The Morgan fingerprint density at radius 2 is 1.61 bits per heavy atom. The number of fused-ring (bicyclic) bond motifs is 4. The number of carbonyl (C=O) groups excluding carboxylic acids is 1. The molecule has 1 aliphatic heterocycles. The van der Waals surface area contributed by atoms with E-state index in [0.29, 0.717) is 12.1 Å². The summed E-state index contributed by atoms with van der Waals surface area (Å²) in [4.78, 5) is 22.0. The van der Waals surface area contributed by atoms with Crippen LogP contribution in [0.15, 0.2) is 77.7 Å². The van der Waals surface area contributed by atoms with E-state index < -0.39 is 22.0 Å². The van der Waals surface area contributed by atoms with Crippen LogP contribution in [-0.4, -0.2) is 36.9 Å². The molecule has 4 bridgehead atoms. The number of nitrogens with one attached hydrogen (secondary N) is 2. The number of rotatable bonds is 3. The molecule has 9 heteroatoms. The highest BCUT2D eigenvalue weighted by Gasteiger charge is 2.23. The number of hydrogen-bond donors (Lipinski definition) is 2. The normalized spacial score (nSPS) is 16.7. The summed E-state index contributed by atoms with van der Waals surface area (Å²) in [5, 5.41) is 2.91. The van der Waals surface area contributed by atoms with E-state index in [9.17, 15) is 13.2 Å². The van der Waals surface area contributed by atoms with Gasteiger partial charge in [0.25, 0.3) is 15.9 Å². The van der Waals surface area contributed by atoms with Crippen LogP contribution in [0.25, 0.3) is 11.3 Å². The quantitative estimate of drug-likeness (QED) is 0.332. The molecule has 2 heterocycles. The van der Waals surface area contributed by atoms with Gasteiger partial charge < -0.3 is 10.1 Å². The molecule has 0 fully saturated rings. The van der Waals surface area contributed by atoms with Crippen molar-refractivity contribution < 1.29 is 17.9 Å². The third kappa shape index (κ3) is 6.41. The Hall–Kier alpha value is -4.24. The van der Waals surface area contributed by atoms with E-state index >= 15 is 0 Å². The molecule has 3 aromatic carbocycles. The smallest absolute Gasteiger partial charge is 0.264 e. The Morgan fingerprint density at radius 1 is 0.927 bits per heavy atom. The number of carbonyl (C=O) groups is 1. The van der Waals surface area contributed by atoms with Crippen molar-refractivity contribution in [3.63, 3.8) is 0 Å². The summed E-state index contributed by atoms with van der Waals surface area (Å²) in [5.41, 5.74) is 5.87. The van der Waals surface area contributed by atoms with Gasteiger partial charge in [-0.2, -0.15) is 4.98 Å². The van der Waals surface area contributed by atoms with Crippen LogP contribution in [0.4, 0.5) is 5.95 Å². The number of amides is 1. The third-order valence-electron chi connectivity index (χ3n) is 7.13. The molecule has 1 atom stereocenters. The number of nitrogens with zero attached hydrogens (tertiary/aromatic N) is 2. The second kappa shape index (κ2) is 11.0. The lowest BCUT2D eigenvalue weighted by molar-refractivity contribution is 0.0925. The Kier molecular flexibility index (Phi) is 7.57. The fraction of sp³-hybridized carbons (Fsp3) is 0.281. The topological polar surface area (TPSA) is 110 Å². The molecule has 1 aromatic heterocycles. The molecular formula is C32H34N4O4S. The van der Waals surface area contributed by atoms with Crippen molar-refractivity contribution in [2.75, 3.05) is 11.3 Å². The number of sulfonamides is 1. The number of hydrogen-bond acceptors (Lipinski definition) is 6. The Morgan fingerprint density at radius 3 is 2.29 bits per heavy atom. The molecule has 5 rings (SSSR count). The van der Waals surface area contributed by atoms with Crippen molar-refractivity contribution in [3.8, 4) is 17.1 Å². The lowest BCUT2D eigenvalue weighted by Gasteiger charge is -2.22. The van der Waals surface area contributed by atoms with E-state index in [2.05, 4.69) is 65.0 Å². The molecular weight excluding hydrogens is 536 g/mol. The lowest BCUT2D eigenvalue weighted by Crippen LogP contribution is -2.37. The first-order chi connectivity index (χ1) is 19.4. The van der Waals surface area contributed by atoms with Gasteiger partial charge in [-0.25, -0.2) is 18.1 Å². The lowest BCUT2D eigenvalue weighted by atomic mass is 9.86. The molecule has 0 spiro atoms. The standard InChI is InChI=1S/C32H34N4O4S/c1-20-8-6-9-21(2)29(20)27-18-28-35-31(34-27)36-41(38,39)26-11-7-10-23(17-26)30(37)33-19-25(40-28)16-22-12-14-24(15-13-22)32(3,4)5/h6-15,17-18,25H,16,19H2,1-5H3,(H,33,37)(H,34,35,36). The number of anilines is 1. The van der Waals surface area contributed by atoms with Crippen molar-refractivity contribution in [3.05, 3.63) is 101 Å². The van der Waals surface area contributed by atoms with E-state index in [-0.39, 0.29) is 34.2 Å². The van der Waals surface area contributed by atoms with Crippen LogP contribution in [0.1, 0.15) is 53.4 Å². The average Bonchev–Trinajstić information content (AvgIpc) is 2.91. The maximum atomic E-state index is 13.3. The van der Waals surface area contributed by atoms with Gasteiger partial charge >= 0.3 is 0 Å². The fourth-order valence-corrected chi connectivity index (χ4v) is 5.89. The van der Waals surface area contributed by atoms with E-state index in [1.54, 1.807) is 12.1 Å². The van der Waals surface area contributed by atoms with Crippen molar-refractivity contribution >= 4 is 21.9 Å². The third-order valence-corrected chi connectivity index (χ3v) is 8.46. The highest BCUT2D eigenvalue weighted by Crippen LogP contribution is 2.30. The predicted molar refractivity (Wildman–Crippen MR) is 160 cm³/mol. The molecule has 4 aromatic rings. The summed E-state index contributed by atoms with van der Waals surface area (Å²) in [6.45, 7) is 10.6. The van der Waals surface area contributed by atoms with Gasteiger partial charge in [0.15, 0.2) is 0 Å². The predicted octanol–water partition coefficient (Wildman–Crippen LogP) is 5.59. The van der Waals surface area contributed by atoms with Gasteiger partial charge in [-0.05, 0) is 59.7 Å². The van der Waals surface area contributed by atoms with Crippen LogP contribution in [0, 0.1) is 13.8 Å². The Bertz CT molecular complexity index is 1690. The first kappa shape index (κ1) is 28.3. The minimum Gasteiger partial charge on any atom is -0.472 e. The van der Waals surface area contributed by atoms with Crippen molar-refractivity contribution in [1.29, 1.82) is 0 Å². The minimum atomic E-state index is -4.09. The molecule has 0 saturated carbocycles. The molecule has 0 saturated heterocycles. The summed E-state index contributed by atoms with van der Waals surface area (Å²) >= 11 is 0. The summed E-state index contributed by atoms with van der Waals surface area (Å²) < 4.78 is 35.5. The first-order valence-corrected chi connectivity index (χ1v) is 15.0. The molecule has 1 unspecified atom stereocenters. The molecule has 8 nitrogen and oxygen atoms in total. The Balaban J connectivity index is 1.59. The molecule has 2 N–H and O–H groups in total. The molecule has 0 radical (unpaired) electrons. The van der Waals surface area contributed by atoms with Gasteiger partial charge in [0.05, 0.1) is 17.1 Å². The van der Waals surface area contributed by atoms with Crippen LogP contribution in [0.2, 0.25) is 0 Å². The maximum absolute atomic E-state index is 13.3. The van der Waals surface area contributed by atoms with Gasteiger partial charge in [-0.3, -0.25) is 4.79 Å². The highest BCUT2D eigenvalue weighted by molar-refractivity contribution is 7.92. The van der Waals surface area contributed by atoms with Gasteiger partial charge in [0, 0.05) is 23.6 Å². The summed E-state index contributed by atoms with van der Waals surface area (Å²) in [6.07, 6.45) is 0.00249. The molecule has 1 aliphatic rings. The zero-order chi connectivity index (χ0) is 29.4. The van der Waals surface area contributed by atoms with Gasteiger partial charge in [-0.15, -0.1) is 0 Å². The van der Waals surface area contributed by atoms with Crippen LogP contribution in [0.3, 0.4) is 0 Å². The van der Waals surface area contributed by atoms with Crippen LogP contribution in [0.5, 0.6) is 5.88 Å². The number of aromatic nitrogens is 2. The van der Waals surface area contributed by atoms with Gasteiger partial charge in [0.1, 0.15) is 6.10 Å². The average molecular weight is 571 g/mol. The monoisotopic (exact) mass is 570 g/mol. The molecule has 1 amide bonds. The van der Waals surface area contributed by atoms with E-state index in [1.165, 1.54) is 23.8 Å². The molecule has 212 valence electrons. The second-order valence-electron chi connectivity index (χ2n) is 11.4. The first-order valence-electron chi connectivity index (χ1n) is 13.5. The van der Waals surface area contributed by atoms with Crippen LogP contribution >= 0.6 is 0 Å². The molecule has 41 heavy (non-hydrogen) atoms. The fourth-order valence-electron chi connectivity index (χ4n) is 4.90. The zero-order valence-electron chi connectivity index (χ0n) is 23.9. The largest absolute Gasteiger partial charge is 0.472 e. The SMILES string of the molecule is Cc1cccc(C)c1-c1cc2nc(n1)NS(=O)(=O)c1cccc(c1)C(=O)NCC(Cc1ccc(C(C)(C)C)cc1)O2. The Labute approximate surface area is 241 Å². The minimum absolute atomic E-state index is 0.0258. The number of benzene rings is 3. The molecule has 0 aliphatic carbocycles. The van der Waals surface area contributed by atoms with Crippen LogP contribution in [-0.2, 0) is 21.9 Å². The van der Waals surface area contributed by atoms with Gasteiger partial charge in [0.2, 0.25) is 11.8 Å². The summed E-state index contributed by atoms with van der Waals surface area (Å²) in [7, 11) is -4.09. The number of ether oxygens (including phenoxy) is 1. The van der Waals surface area contributed by atoms with E-state index in [1.807, 2.05) is 32.0 Å². The van der Waals surface area contributed by atoms with Crippen LogP contribution < -0.4 is 14.8 Å². The summed E-state index contributed by atoms with van der Waals surface area (Å²) in [6, 6.07) is 21.8. The summed E-state index contributed by atoms with van der Waals surface area (Å²) in [5.74, 6) is -0.309. The second-order valence-corrected chi connectivity index (χ2v) is 13.1. The van der Waals surface area contributed by atoms with Gasteiger partial charge in [-0.1, -0.05) is 69.3 Å².